The highest BCUT2D eigenvalue weighted by atomic mass is 16.2. The summed E-state index contributed by atoms with van der Waals surface area (Å²) in [7, 11) is 0. The SMILES string of the molecule is NC1CC2(C1)CN(c1cccc3c1C(=O)N(C1CCC(=O)NC1=O)C3=O)C2. The zero-order chi connectivity index (χ0) is 18.9. The van der Waals surface area contributed by atoms with Crippen molar-refractivity contribution in [1.82, 2.24) is 10.2 Å². The number of piperidine rings is 1. The number of nitrogens with one attached hydrogen (secondary N) is 1. The van der Waals surface area contributed by atoms with Crippen LogP contribution in [-0.4, -0.2) is 53.7 Å². The Morgan fingerprint density at radius 1 is 1.07 bits per heavy atom. The van der Waals surface area contributed by atoms with E-state index in [9.17, 15) is 19.2 Å². The number of carbonyl (C=O) groups is 4. The van der Waals surface area contributed by atoms with Gasteiger partial charge in [-0.25, -0.2) is 0 Å². The predicted molar refractivity (Wildman–Crippen MR) is 95.0 cm³/mol. The second kappa shape index (κ2) is 5.39. The minimum Gasteiger partial charge on any atom is -0.370 e. The van der Waals surface area contributed by atoms with Gasteiger partial charge < -0.3 is 10.6 Å². The first-order valence-electron chi connectivity index (χ1n) is 9.24. The molecule has 3 aliphatic heterocycles. The van der Waals surface area contributed by atoms with Crippen LogP contribution in [0.15, 0.2) is 18.2 Å². The molecular formula is C19H20N4O4. The number of nitrogens with two attached hydrogens (primary N) is 1. The summed E-state index contributed by atoms with van der Waals surface area (Å²) < 4.78 is 0. The number of anilines is 1. The number of rotatable bonds is 2. The molecule has 4 aliphatic rings. The van der Waals surface area contributed by atoms with Crippen LogP contribution in [-0.2, 0) is 9.59 Å². The van der Waals surface area contributed by atoms with Crippen molar-refractivity contribution < 1.29 is 19.2 Å². The molecule has 1 aliphatic carbocycles. The maximum atomic E-state index is 13.1. The Morgan fingerprint density at radius 2 is 1.81 bits per heavy atom. The molecule has 3 heterocycles. The molecule has 3 N–H and O–H groups in total. The average Bonchev–Trinajstić information content (AvgIpc) is 2.82. The zero-order valence-corrected chi connectivity index (χ0v) is 14.7. The maximum Gasteiger partial charge on any atom is 0.264 e. The summed E-state index contributed by atoms with van der Waals surface area (Å²) in [5.74, 6) is -1.88. The molecule has 0 aromatic heterocycles. The van der Waals surface area contributed by atoms with Crippen LogP contribution >= 0.6 is 0 Å². The number of hydrogen-bond acceptors (Lipinski definition) is 6. The van der Waals surface area contributed by atoms with Crippen LogP contribution in [0.5, 0.6) is 0 Å². The highest BCUT2D eigenvalue weighted by molar-refractivity contribution is 6.25. The fraction of sp³-hybridized carbons (Fsp3) is 0.474. The molecule has 1 aromatic carbocycles. The molecular weight excluding hydrogens is 348 g/mol. The summed E-state index contributed by atoms with van der Waals surface area (Å²) in [4.78, 5) is 52.6. The van der Waals surface area contributed by atoms with Gasteiger partial charge in [0.05, 0.1) is 16.8 Å². The summed E-state index contributed by atoms with van der Waals surface area (Å²) >= 11 is 0. The lowest BCUT2D eigenvalue weighted by Crippen LogP contribution is -2.65. The van der Waals surface area contributed by atoms with Gasteiger partial charge >= 0.3 is 0 Å². The average molecular weight is 368 g/mol. The van der Waals surface area contributed by atoms with Gasteiger partial charge in [-0.15, -0.1) is 0 Å². The van der Waals surface area contributed by atoms with Gasteiger partial charge in [0.2, 0.25) is 11.8 Å². The largest absolute Gasteiger partial charge is 0.370 e. The van der Waals surface area contributed by atoms with Crippen LogP contribution in [0.4, 0.5) is 5.69 Å². The first-order chi connectivity index (χ1) is 12.9. The third-order valence-corrected chi connectivity index (χ3v) is 6.23. The van der Waals surface area contributed by atoms with Crippen molar-refractivity contribution in [1.29, 1.82) is 0 Å². The van der Waals surface area contributed by atoms with Crippen LogP contribution in [0, 0.1) is 5.41 Å². The van der Waals surface area contributed by atoms with E-state index < -0.39 is 23.8 Å². The second-order valence-corrected chi connectivity index (χ2v) is 8.17. The quantitative estimate of drug-likeness (QED) is 0.712. The molecule has 0 bridgehead atoms. The number of hydrogen-bond donors (Lipinski definition) is 2. The van der Waals surface area contributed by atoms with E-state index in [0.29, 0.717) is 11.1 Å². The second-order valence-electron chi connectivity index (χ2n) is 8.17. The van der Waals surface area contributed by atoms with E-state index >= 15 is 0 Å². The number of amides is 4. The van der Waals surface area contributed by atoms with Crippen LogP contribution in [0.3, 0.4) is 0 Å². The van der Waals surface area contributed by atoms with E-state index in [4.69, 9.17) is 5.73 Å². The molecule has 1 unspecified atom stereocenters. The fourth-order valence-corrected chi connectivity index (χ4v) is 5.01. The van der Waals surface area contributed by atoms with Crippen LogP contribution in [0.2, 0.25) is 0 Å². The third-order valence-electron chi connectivity index (χ3n) is 6.23. The van der Waals surface area contributed by atoms with E-state index in [1.165, 1.54) is 0 Å². The lowest BCUT2D eigenvalue weighted by molar-refractivity contribution is -0.136. The summed E-state index contributed by atoms with van der Waals surface area (Å²) in [5.41, 5.74) is 7.60. The minimum absolute atomic E-state index is 0.117. The number of carbonyl (C=O) groups excluding carboxylic acids is 4. The van der Waals surface area contributed by atoms with Crippen molar-refractivity contribution in [2.24, 2.45) is 11.1 Å². The first-order valence-corrected chi connectivity index (χ1v) is 9.24. The molecule has 27 heavy (non-hydrogen) atoms. The van der Waals surface area contributed by atoms with Gasteiger partial charge in [-0.05, 0) is 31.4 Å². The maximum absolute atomic E-state index is 13.1. The highest BCUT2D eigenvalue weighted by Crippen LogP contribution is 2.50. The minimum atomic E-state index is -0.935. The summed E-state index contributed by atoms with van der Waals surface area (Å²) in [6, 6.07) is 4.57. The van der Waals surface area contributed by atoms with Crippen LogP contribution in [0.1, 0.15) is 46.4 Å². The van der Waals surface area contributed by atoms with E-state index in [1.54, 1.807) is 12.1 Å². The third kappa shape index (κ3) is 2.26. The topological polar surface area (TPSA) is 113 Å². The van der Waals surface area contributed by atoms with Gasteiger partial charge in [-0.1, -0.05) is 6.07 Å². The molecule has 4 amide bonds. The van der Waals surface area contributed by atoms with Gasteiger partial charge in [-0.3, -0.25) is 29.4 Å². The number of benzene rings is 1. The first kappa shape index (κ1) is 16.4. The van der Waals surface area contributed by atoms with Crippen molar-refractivity contribution in [2.45, 2.75) is 37.8 Å². The Balaban J connectivity index is 1.44. The smallest absolute Gasteiger partial charge is 0.264 e. The van der Waals surface area contributed by atoms with Crippen molar-refractivity contribution in [3.8, 4) is 0 Å². The molecule has 1 aromatic rings. The summed E-state index contributed by atoms with van der Waals surface area (Å²) in [6.45, 7) is 1.66. The molecule has 8 heteroatoms. The summed E-state index contributed by atoms with van der Waals surface area (Å²) in [6.07, 6.45) is 2.27. The molecule has 140 valence electrons. The van der Waals surface area contributed by atoms with Crippen LogP contribution < -0.4 is 16.0 Å². The molecule has 5 rings (SSSR count). The standard InChI is InChI=1S/C19H20N4O4/c20-10-6-19(7-10)8-22(9-19)12-3-1-2-11-15(12)18(27)23(17(11)26)13-4-5-14(24)21-16(13)25/h1-3,10,13H,4-9,20H2,(H,21,24,25). The molecule has 0 radical (unpaired) electrons. The molecule has 1 atom stereocenters. The fourth-order valence-electron chi connectivity index (χ4n) is 5.01. The lowest BCUT2D eigenvalue weighted by Gasteiger charge is -2.59. The van der Waals surface area contributed by atoms with E-state index in [0.717, 1.165) is 36.5 Å². The van der Waals surface area contributed by atoms with Gasteiger partial charge in [0.25, 0.3) is 11.8 Å². The van der Waals surface area contributed by atoms with Crippen molar-refractivity contribution in [3.63, 3.8) is 0 Å². The van der Waals surface area contributed by atoms with E-state index in [2.05, 4.69) is 10.2 Å². The molecule has 1 spiro atoms. The monoisotopic (exact) mass is 368 g/mol. The van der Waals surface area contributed by atoms with E-state index in [-0.39, 0.29) is 30.2 Å². The molecule has 1 saturated carbocycles. The summed E-state index contributed by atoms with van der Waals surface area (Å²) in [5, 5.41) is 2.22. The van der Waals surface area contributed by atoms with Gasteiger partial charge in [0.15, 0.2) is 0 Å². The molecule has 3 fully saturated rings. The van der Waals surface area contributed by atoms with Crippen molar-refractivity contribution >= 4 is 29.3 Å². The van der Waals surface area contributed by atoms with Gasteiger partial charge in [-0.2, -0.15) is 0 Å². The van der Waals surface area contributed by atoms with Gasteiger partial charge in [0.1, 0.15) is 6.04 Å². The van der Waals surface area contributed by atoms with Crippen molar-refractivity contribution in [3.05, 3.63) is 29.3 Å². The Morgan fingerprint density at radius 3 is 2.48 bits per heavy atom. The number of nitrogens with zero attached hydrogens (tertiary/aromatic N) is 2. The zero-order valence-electron chi connectivity index (χ0n) is 14.7. The lowest BCUT2D eigenvalue weighted by atomic mass is 9.61. The van der Waals surface area contributed by atoms with Crippen LogP contribution in [0.25, 0.3) is 0 Å². The Kier molecular flexibility index (Phi) is 3.28. The Bertz CT molecular complexity index is 897. The van der Waals surface area contributed by atoms with Gasteiger partial charge in [0, 0.05) is 31.0 Å². The van der Waals surface area contributed by atoms with E-state index in [1.807, 2.05) is 6.07 Å². The Hall–Kier alpha value is -2.74. The Labute approximate surface area is 155 Å². The van der Waals surface area contributed by atoms with Crippen molar-refractivity contribution in [2.75, 3.05) is 18.0 Å². The molecule has 2 saturated heterocycles. The number of imide groups is 2. The highest BCUT2D eigenvalue weighted by Gasteiger charge is 2.53. The normalized spacial score (nSPS) is 26.8. The molecule has 8 nitrogen and oxygen atoms in total. The number of fused-ring (bicyclic) bond motifs is 1. The predicted octanol–water partition coefficient (Wildman–Crippen LogP) is 0.0153.